The highest BCUT2D eigenvalue weighted by atomic mass is 32.1. The number of nitrogens with zero attached hydrogens (tertiary/aromatic N) is 1. The van der Waals surface area contributed by atoms with E-state index >= 15 is 0 Å². The molecule has 0 amide bonds. The van der Waals surface area contributed by atoms with Crippen LogP contribution in [0, 0.1) is 6.92 Å². The lowest BCUT2D eigenvalue weighted by atomic mass is 10.1. The van der Waals surface area contributed by atoms with Crippen molar-refractivity contribution in [3.05, 3.63) is 52.0 Å². The van der Waals surface area contributed by atoms with E-state index in [1.807, 2.05) is 30.6 Å². The summed E-state index contributed by atoms with van der Waals surface area (Å²) in [6, 6.07) is 10.5. The number of aryl methyl sites for hydroxylation is 1. The highest BCUT2D eigenvalue weighted by Gasteiger charge is 2.16. The Morgan fingerprint density at radius 1 is 1.32 bits per heavy atom. The molecule has 2 N–H and O–H groups in total. The summed E-state index contributed by atoms with van der Waals surface area (Å²) in [6.45, 7) is 4.28. The molecule has 1 aromatic carbocycles. The van der Waals surface area contributed by atoms with E-state index in [0.29, 0.717) is 0 Å². The maximum atomic E-state index is 9.53. The molecule has 0 radical (unpaired) electrons. The SMILES string of the molecule is Cc1ncsc1C(C)NC(CO)Cc1ccccc1. The summed E-state index contributed by atoms with van der Waals surface area (Å²) in [7, 11) is 0. The third kappa shape index (κ3) is 3.86. The van der Waals surface area contributed by atoms with Gasteiger partial charge in [0.1, 0.15) is 0 Å². The summed E-state index contributed by atoms with van der Waals surface area (Å²) in [5, 5.41) is 13.0. The van der Waals surface area contributed by atoms with Crippen LogP contribution in [0.4, 0.5) is 0 Å². The number of hydrogen-bond acceptors (Lipinski definition) is 4. The van der Waals surface area contributed by atoms with Crippen molar-refractivity contribution in [2.24, 2.45) is 0 Å². The van der Waals surface area contributed by atoms with E-state index in [1.165, 1.54) is 10.4 Å². The third-order valence-electron chi connectivity index (χ3n) is 3.21. The van der Waals surface area contributed by atoms with E-state index < -0.39 is 0 Å². The van der Waals surface area contributed by atoms with Crippen LogP contribution in [0.5, 0.6) is 0 Å². The Kier molecular flexibility index (Phi) is 5.07. The van der Waals surface area contributed by atoms with Crippen LogP contribution >= 0.6 is 11.3 Å². The van der Waals surface area contributed by atoms with Crippen molar-refractivity contribution in [2.45, 2.75) is 32.4 Å². The molecule has 1 heterocycles. The molecule has 3 nitrogen and oxygen atoms in total. The van der Waals surface area contributed by atoms with Gasteiger partial charge in [-0.15, -0.1) is 11.3 Å². The molecule has 1 aromatic heterocycles. The number of nitrogens with one attached hydrogen (secondary N) is 1. The zero-order valence-corrected chi connectivity index (χ0v) is 12.2. The minimum Gasteiger partial charge on any atom is -0.395 e. The van der Waals surface area contributed by atoms with Gasteiger partial charge < -0.3 is 10.4 Å². The van der Waals surface area contributed by atoms with Crippen molar-refractivity contribution in [1.29, 1.82) is 0 Å². The van der Waals surface area contributed by atoms with Crippen LogP contribution in [0.3, 0.4) is 0 Å². The molecule has 4 heteroatoms. The first-order chi connectivity index (χ1) is 9.20. The van der Waals surface area contributed by atoms with Gasteiger partial charge in [-0.05, 0) is 25.8 Å². The molecule has 0 spiro atoms. The molecule has 19 heavy (non-hydrogen) atoms. The predicted octanol–water partition coefficient (Wildman–Crippen LogP) is 2.71. The molecule has 0 aliphatic carbocycles. The maximum absolute atomic E-state index is 9.53. The lowest BCUT2D eigenvalue weighted by Crippen LogP contribution is -2.36. The van der Waals surface area contributed by atoms with Crippen molar-refractivity contribution in [3.8, 4) is 0 Å². The predicted molar refractivity (Wildman–Crippen MR) is 79.4 cm³/mol. The summed E-state index contributed by atoms with van der Waals surface area (Å²) < 4.78 is 0. The monoisotopic (exact) mass is 276 g/mol. The molecular weight excluding hydrogens is 256 g/mol. The summed E-state index contributed by atoms with van der Waals surface area (Å²) in [6.07, 6.45) is 0.833. The molecule has 0 aliphatic rings. The van der Waals surface area contributed by atoms with Gasteiger partial charge in [0.05, 0.1) is 17.8 Å². The number of hydrogen-bond donors (Lipinski definition) is 2. The van der Waals surface area contributed by atoms with Crippen LogP contribution < -0.4 is 5.32 Å². The highest BCUT2D eigenvalue weighted by molar-refractivity contribution is 7.09. The van der Waals surface area contributed by atoms with E-state index in [4.69, 9.17) is 0 Å². The summed E-state index contributed by atoms with van der Waals surface area (Å²) in [5.41, 5.74) is 4.18. The molecule has 2 unspecified atom stereocenters. The summed E-state index contributed by atoms with van der Waals surface area (Å²) in [4.78, 5) is 5.51. The van der Waals surface area contributed by atoms with Gasteiger partial charge in [-0.1, -0.05) is 30.3 Å². The summed E-state index contributed by atoms with van der Waals surface area (Å²) in [5.74, 6) is 0. The van der Waals surface area contributed by atoms with Crippen molar-refractivity contribution < 1.29 is 5.11 Å². The molecule has 102 valence electrons. The number of benzene rings is 1. The largest absolute Gasteiger partial charge is 0.395 e. The number of aliphatic hydroxyl groups is 1. The van der Waals surface area contributed by atoms with Crippen LogP contribution in [0.25, 0.3) is 0 Å². The van der Waals surface area contributed by atoms with Crippen LogP contribution in [0.2, 0.25) is 0 Å². The minimum atomic E-state index is 0.0684. The standard InChI is InChI=1S/C15H20N2OS/c1-11-15(19-10-16-11)12(2)17-14(9-18)8-13-6-4-3-5-7-13/h3-7,10,12,14,17-18H,8-9H2,1-2H3. The quantitative estimate of drug-likeness (QED) is 0.852. The first-order valence-corrected chi connectivity index (χ1v) is 7.39. The van der Waals surface area contributed by atoms with Gasteiger partial charge in [-0.2, -0.15) is 0 Å². The van der Waals surface area contributed by atoms with Crippen LogP contribution in [-0.4, -0.2) is 22.7 Å². The third-order valence-corrected chi connectivity index (χ3v) is 4.32. The summed E-state index contributed by atoms with van der Waals surface area (Å²) >= 11 is 1.66. The van der Waals surface area contributed by atoms with Crippen molar-refractivity contribution in [2.75, 3.05) is 6.61 Å². The fourth-order valence-electron chi connectivity index (χ4n) is 2.23. The van der Waals surface area contributed by atoms with Gasteiger partial charge in [0.2, 0.25) is 0 Å². The average molecular weight is 276 g/mol. The normalized spacial score (nSPS) is 14.3. The molecule has 0 fully saturated rings. The van der Waals surface area contributed by atoms with Crippen LogP contribution in [0.1, 0.15) is 29.1 Å². The lowest BCUT2D eigenvalue weighted by molar-refractivity contribution is 0.233. The Bertz CT molecular complexity index is 498. The molecule has 0 saturated heterocycles. The average Bonchev–Trinajstić information content (AvgIpc) is 2.85. The van der Waals surface area contributed by atoms with Crippen molar-refractivity contribution in [3.63, 3.8) is 0 Å². The topological polar surface area (TPSA) is 45.2 Å². The first-order valence-electron chi connectivity index (χ1n) is 6.51. The van der Waals surface area contributed by atoms with Gasteiger partial charge in [0, 0.05) is 17.0 Å². The lowest BCUT2D eigenvalue weighted by Gasteiger charge is -2.21. The fraction of sp³-hybridized carbons (Fsp3) is 0.400. The highest BCUT2D eigenvalue weighted by Crippen LogP contribution is 2.21. The number of aromatic nitrogens is 1. The first kappa shape index (κ1) is 14.2. The second-order valence-electron chi connectivity index (χ2n) is 4.76. The molecule has 0 saturated carbocycles. The molecule has 2 atom stereocenters. The zero-order chi connectivity index (χ0) is 13.7. The van der Waals surface area contributed by atoms with Gasteiger partial charge in [0.15, 0.2) is 0 Å². The molecule has 0 aliphatic heterocycles. The van der Waals surface area contributed by atoms with E-state index in [0.717, 1.165) is 12.1 Å². The molecular formula is C15H20N2OS. The van der Waals surface area contributed by atoms with Crippen molar-refractivity contribution in [1.82, 2.24) is 10.3 Å². The van der Waals surface area contributed by atoms with Gasteiger partial charge in [0.25, 0.3) is 0 Å². The fourth-order valence-corrected chi connectivity index (χ4v) is 3.05. The van der Waals surface area contributed by atoms with Gasteiger partial charge >= 0.3 is 0 Å². The van der Waals surface area contributed by atoms with Gasteiger partial charge in [-0.25, -0.2) is 4.98 Å². The number of thiazole rings is 1. The maximum Gasteiger partial charge on any atom is 0.0798 e. The molecule has 2 aromatic rings. The smallest absolute Gasteiger partial charge is 0.0798 e. The molecule has 2 rings (SSSR count). The van der Waals surface area contributed by atoms with E-state index in [1.54, 1.807) is 11.3 Å². The zero-order valence-electron chi connectivity index (χ0n) is 11.3. The Morgan fingerprint density at radius 3 is 2.63 bits per heavy atom. The van der Waals surface area contributed by atoms with Crippen LogP contribution in [0.15, 0.2) is 35.8 Å². The molecule has 0 bridgehead atoms. The van der Waals surface area contributed by atoms with E-state index in [2.05, 4.69) is 29.4 Å². The Balaban J connectivity index is 1.98. The Morgan fingerprint density at radius 2 is 2.05 bits per heavy atom. The van der Waals surface area contributed by atoms with Crippen LogP contribution in [-0.2, 0) is 6.42 Å². The van der Waals surface area contributed by atoms with Gasteiger partial charge in [-0.3, -0.25) is 0 Å². The Labute approximate surface area is 118 Å². The Hall–Kier alpha value is -1.23. The second-order valence-corrected chi connectivity index (χ2v) is 5.65. The van der Waals surface area contributed by atoms with E-state index in [9.17, 15) is 5.11 Å². The second kappa shape index (κ2) is 6.80. The minimum absolute atomic E-state index is 0.0684. The number of aliphatic hydroxyl groups excluding tert-OH is 1. The number of rotatable bonds is 6. The van der Waals surface area contributed by atoms with Crippen molar-refractivity contribution >= 4 is 11.3 Å². The van der Waals surface area contributed by atoms with E-state index in [-0.39, 0.29) is 18.7 Å².